The quantitative estimate of drug-likeness (QED) is 0.155. The van der Waals surface area contributed by atoms with Crippen molar-refractivity contribution in [2.75, 3.05) is 0 Å². The molecule has 16 aromatic carbocycles. The summed E-state index contributed by atoms with van der Waals surface area (Å²) in [5.41, 5.74) is 18.2. The fraction of sp³-hybridized carbons (Fsp3) is 0. The molecule has 0 unspecified atom stereocenters. The fourth-order valence-corrected chi connectivity index (χ4v) is 14.1. The molecule has 0 atom stereocenters. The summed E-state index contributed by atoms with van der Waals surface area (Å²) < 4.78 is 13.4. The highest BCUT2D eigenvalue weighted by Crippen LogP contribution is 2.51. The van der Waals surface area contributed by atoms with Gasteiger partial charge >= 0.3 is 0 Å². The molecule has 0 aliphatic heterocycles. The Kier molecular flexibility index (Phi) is 11.6. The summed E-state index contributed by atoms with van der Waals surface area (Å²) in [5, 5.41) is 19.5. The van der Waals surface area contributed by atoms with E-state index in [0.717, 1.165) is 55.0 Å². The van der Waals surface area contributed by atoms with Crippen LogP contribution in [0.25, 0.3) is 175 Å². The zero-order chi connectivity index (χ0) is 56.7. The monoisotopic (exact) mass is 1090 g/mol. The van der Waals surface area contributed by atoms with Gasteiger partial charge in [-0.25, -0.2) is 0 Å². The summed E-state index contributed by atoms with van der Waals surface area (Å²) in [7, 11) is 0. The number of benzene rings is 16. The Morgan fingerprint density at radius 3 is 1.05 bits per heavy atom. The van der Waals surface area contributed by atoms with Crippen molar-refractivity contribution >= 4 is 109 Å². The van der Waals surface area contributed by atoms with Gasteiger partial charge in [-0.05, 0) is 156 Å². The first-order valence-electron chi connectivity index (χ1n) is 29.6. The molecular formula is C84H52O2. The van der Waals surface area contributed by atoms with Crippen molar-refractivity contribution in [3.63, 3.8) is 0 Å². The Bertz CT molecular complexity index is 5580. The Balaban J connectivity index is 0.000000134. The third-order valence-electron chi connectivity index (χ3n) is 17.7. The Hall–Kier alpha value is -11.3. The number of rotatable bonds is 6. The van der Waals surface area contributed by atoms with Crippen LogP contribution in [0.2, 0.25) is 0 Å². The van der Waals surface area contributed by atoms with Gasteiger partial charge in [0, 0.05) is 27.1 Å². The van der Waals surface area contributed by atoms with Crippen molar-refractivity contribution in [1.82, 2.24) is 0 Å². The van der Waals surface area contributed by atoms with Gasteiger partial charge in [0.1, 0.15) is 22.3 Å². The summed E-state index contributed by atoms with van der Waals surface area (Å²) >= 11 is 0. The summed E-state index contributed by atoms with van der Waals surface area (Å²) in [5.74, 6) is 0. The SMILES string of the molecule is c1ccc(-c2c3ccccc3c(-c3cc(-c4cccc5ccccc45)cc4oc5ccccc5c34)c3ccccc23)cc1.c1ccc(-c2c3ccccc3c(-c3ccc(-c4cccc5ccccc45)c4oc5ccccc5c34)c3ccccc23)cc1. The van der Waals surface area contributed by atoms with Crippen molar-refractivity contribution in [2.24, 2.45) is 0 Å². The highest BCUT2D eigenvalue weighted by atomic mass is 16.3. The Morgan fingerprint density at radius 1 is 0.174 bits per heavy atom. The van der Waals surface area contributed by atoms with Crippen LogP contribution in [0.5, 0.6) is 0 Å². The van der Waals surface area contributed by atoms with E-state index < -0.39 is 0 Å². The van der Waals surface area contributed by atoms with Crippen LogP contribution < -0.4 is 0 Å². The minimum absolute atomic E-state index is 0.904. The Labute approximate surface area is 496 Å². The summed E-state index contributed by atoms with van der Waals surface area (Å²) in [4.78, 5) is 0. The van der Waals surface area contributed by atoms with Gasteiger partial charge < -0.3 is 8.83 Å². The van der Waals surface area contributed by atoms with E-state index in [1.54, 1.807) is 0 Å². The molecule has 0 saturated carbocycles. The maximum atomic E-state index is 6.77. The van der Waals surface area contributed by atoms with E-state index in [-0.39, 0.29) is 0 Å². The fourth-order valence-electron chi connectivity index (χ4n) is 14.1. The lowest BCUT2D eigenvalue weighted by Crippen LogP contribution is -1.92. The van der Waals surface area contributed by atoms with Crippen LogP contribution in [0, 0.1) is 0 Å². The standard InChI is InChI=1S/2C42H26O/c1-2-14-28(15-3-1)40-32-18-6-8-20-34(32)41(35-21-9-7-19-33(35)40)37-25-29(31-23-12-16-27-13-4-5-17-30(27)31)26-39-42(37)36-22-10-11-24-38(36)43-39;1-2-14-28(15-3-1)39-31-18-6-8-20-33(31)40(34-21-9-7-19-32(34)39)37-26-25-35(30-23-12-16-27-13-4-5-17-29(27)30)42-41(37)36-22-10-11-24-38(36)43-42/h2*1-26H. The topological polar surface area (TPSA) is 26.3 Å². The maximum Gasteiger partial charge on any atom is 0.143 e. The second kappa shape index (κ2) is 20.2. The molecule has 18 rings (SSSR count). The molecule has 400 valence electrons. The zero-order valence-corrected chi connectivity index (χ0v) is 46.8. The third-order valence-corrected chi connectivity index (χ3v) is 17.7. The molecule has 2 heteroatoms. The van der Waals surface area contributed by atoms with Crippen LogP contribution in [0.4, 0.5) is 0 Å². The molecule has 2 aromatic heterocycles. The predicted molar refractivity (Wildman–Crippen MR) is 365 cm³/mol. The van der Waals surface area contributed by atoms with E-state index in [0.29, 0.717) is 0 Å². The summed E-state index contributed by atoms with van der Waals surface area (Å²) in [6.07, 6.45) is 0. The first-order chi connectivity index (χ1) is 42.7. The van der Waals surface area contributed by atoms with Crippen LogP contribution in [0.1, 0.15) is 0 Å². The molecule has 2 heterocycles. The Morgan fingerprint density at radius 2 is 0.535 bits per heavy atom. The van der Waals surface area contributed by atoms with E-state index in [9.17, 15) is 0 Å². The van der Waals surface area contributed by atoms with Crippen molar-refractivity contribution in [3.05, 3.63) is 315 Å². The minimum Gasteiger partial charge on any atom is -0.456 e. The van der Waals surface area contributed by atoms with Crippen LogP contribution in [-0.2, 0) is 0 Å². The number of hydrogen-bond donors (Lipinski definition) is 0. The molecular weight excluding hydrogens is 1040 g/mol. The second-order valence-corrected chi connectivity index (χ2v) is 22.4. The van der Waals surface area contributed by atoms with Gasteiger partial charge in [-0.3, -0.25) is 0 Å². The van der Waals surface area contributed by atoms with Gasteiger partial charge in [-0.1, -0.05) is 285 Å². The predicted octanol–water partition coefficient (Wildman–Crippen LogP) is 24.1. The van der Waals surface area contributed by atoms with Gasteiger partial charge in [0.05, 0.1) is 0 Å². The largest absolute Gasteiger partial charge is 0.456 e. The van der Waals surface area contributed by atoms with E-state index >= 15 is 0 Å². The number of para-hydroxylation sites is 2. The summed E-state index contributed by atoms with van der Waals surface area (Å²) in [6, 6.07) is 113. The zero-order valence-electron chi connectivity index (χ0n) is 46.8. The molecule has 18 aromatic rings. The molecule has 0 aliphatic carbocycles. The number of furan rings is 2. The number of hydrogen-bond acceptors (Lipinski definition) is 2. The van der Waals surface area contributed by atoms with E-state index in [2.05, 4.69) is 315 Å². The average molecular weight is 1090 g/mol. The molecule has 86 heavy (non-hydrogen) atoms. The van der Waals surface area contributed by atoms with Gasteiger partial charge in [0.2, 0.25) is 0 Å². The summed E-state index contributed by atoms with van der Waals surface area (Å²) in [6.45, 7) is 0. The third kappa shape index (κ3) is 7.88. The highest BCUT2D eigenvalue weighted by molar-refractivity contribution is 6.29. The van der Waals surface area contributed by atoms with Crippen LogP contribution in [0.3, 0.4) is 0 Å². The lowest BCUT2D eigenvalue weighted by Gasteiger charge is -2.19. The van der Waals surface area contributed by atoms with Gasteiger partial charge in [-0.15, -0.1) is 0 Å². The highest BCUT2D eigenvalue weighted by Gasteiger charge is 2.25. The lowest BCUT2D eigenvalue weighted by molar-refractivity contribution is 0.669. The van der Waals surface area contributed by atoms with Crippen molar-refractivity contribution in [2.45, 2.75) is 0 Å². The number of fused-ring (bicyclic) bond motifs is 12. The molecule has 0 aliphatic rings. The van der Waals surface area contributed by atoms with Crippen LogP contribution in [0.15, 0.2) is 324 Å². The normalized spacial score (nSPS) is 11.7. The molecule has 0 N–H and O–H groups in total. The second-order valence-electron chi connectivity index (χ2n) is 22.4. The first-order valence-corrected chi connectivity index (χ1v) is 29.6. The molecule has 0 fully saturated rings. The van der Waals surface area contributed by atoms with Gasteiger partial charge in [0.25, 0.3) is 0 Å². The molecule has 0 saturated heterocycles. The van der Waals surface area contributed by atoms with Crippen LogP contribution >= 0.6 is 0 Å². The van der Waals surface area contributed by atoms with E-state index in [4.69, 9.17) is 8.83 Å². The van der Waals surface area contributed by atoms with Gasteiger partial charge in [-0.2, -0.15) is 0 Å². The smallest absolute Gasteiger partial charge is 0.143 e. The molecule has 2 nitrogen and oxygen atoms in total. The molecule has 0 amide bonds. The molecule has 0 radical (unpaired) electrons. The van der Waals surface area contributed by atoms with E-state index in [1.807, 2.05) is 0 Å². The molecule has 0 bridgehead atoms. The molecule has 0 spiro atoms. The average Bonchev–Trinajstić information content (AvgIpc) is 1.47. The maximum absolute atomic E-state index is 6.77. The van der Waals surface area contributed by atoms with E-state index in [1.165, 1.54) is 120 Å². The van der Waals surface area contributed by atoms with Crippen molar-refractivity contribution in [1.29, 1.82) is 0 Å². The first kappa shape index (κ1) is 49.3. The minimum atomic E-state index is 0.904. The van der Waals surface area contributed by atoms with Crippen LogP contribution in [-0.4, -0.2) is 0 Å². The van der Waals surface area contributed by atoms with Gasteiger partial charge in [0.15, 0.2) is 0 Å². The van der Waals surface area contributed by atoms with Crippen molar-refractivity contribution < 1.29 is 8.83 Å². The lowest BCUT2D eigenvalue weighted by atomic mass is 9.84. The van der Waals surface area contributed by atoms with Crippen molar-refractivity contribution in [3.8, 4) is 66.8 Å².